The van der Waals surface area contributed by atoms with Gasteiger partial charge in [-0.3, -0.25) is 19.1 Å². The average molecular weight is 479 g/mol. The maximum absolute atomic E-state index is 12.9. The summed E-state index contributed by atoms with van der Waals surface area (Å²) in [5.74, 6) is -0.761. The van der Waals surface area contributed by atoms with Crippen molar-refractivity contribution >= 4 is 45.6 Å². The third-order valence-corrected chi connectivity index (χ3v) is 5.76. The predicted octanol–water partition coefficient (Wildman–Crippen LogP) is 3.85. The fourth-order valence-corrected chi connectivity index (χ4v) is 3.97. The van der Waals surface area contributed by atoms with Crippen molar-refractivity contribution in [3.05, 3.63) is 81.0 Å². The minimum absolute atomic E-state index is 0.116. The topological polar surface area (TPSA) is 111 Å². The van der Waals surface area contributed by atoms with Crippen LogP contribution in [-0.4, -0.2) is 31.4 Å². The van der Waals surface area contributed by atoms with E-state index in [1.807, 2.05) is 19.9 Å². The Balaban J connectivity index is 1.53. The van der Waals surface area contributed by atoms with Crippen LogP contribution in [0.2, 0.25) is 5.02 Å². The number of benzene rings is 2. The number of aryl methyl sites for hydroxylation is 3. The molecule has 10 heteroatoms. The van der Waals surface area contributed by atoms with E-state index in [2.05, 4.69) is 20.8 Å². The van der Waals surface area contributed by atoms with E-state index in [0.717, 1.165) is 16.1 Å². The zero-order valence-electron chi connectivity index (χ0n) is 19.1. The quantitative estimate of drug-likeness (QED) is 0.452. The summed E-state index contributed by atoms with van der Waals surface area (Å²) in [5, 5.41) is 15.1. The highest BCUT2D eigenvalue weighted by molar-refractivity contribution is 6.34. The van der Waals surface area contributed by atoms with E-state index in [0.29, 0.717) is 22.1 Å². The first-order valence-corrected chi connectivity index (χ1v) is 10.9. The number of carbonyl (C=O) groups is 2. The van der Waals surface area contributed by atoms with Gasteiger partial charge in [0.25, 0.3) is 11.5 Å². The summed E-state index contributed by atoms with van der Waals surface area (Å²) < 4.78 is 2.78. The molecule has 0 aliphatic rings. The molecule has 2 N–H and O–H groups in total. The van der Waals surface area contributed by atoms with Crippen molar-refractivity contribution in [3.63, 3.8) is 0 Å². The molecule has 1 unspecified atom stereocenters. The first-order valence-electron chi connectivity index (χ1n) is 10.6. The molecular formula is C24H23ClN6O3. The summed E-state index contributed by atoms with van der Waals surface area (Å²) in [7, 11) is 1.49. The predicted molar refractivity (Wildman–Crippen MR) is 131 cm³/mol. The van der Waals surface area contributed by atoms with Gasteiger partial charge in [-0.1, -0.05) is 29.8 Å². The third-order valence-electron chi connectivity index (χ3n) is 5.45. The summed E-state index contributed by atoms with van der Waals surface area (Å²) in [6, 6.07) is 12.9. The molecule has 0 bridgehead atoms. The first kappa shape index (κ1) is 23.2. The molecule has 0 fully saturated rings. The number of nitrogens with zero attached hydrogens (tertiary/aromatic N) is 4. The number of amides is 2. The Hall–Kier alpha value is -3.98. The smallest absolute Gasteiger partial charge is 0.276 e. The van der Waals surface area contributed by atoms with Gasteiger partial charge in [0.2, 0.25) is 5.91 Å². The van der Waals surface area contributed by atoms with Crippen LogP contribution in [0.3, 0.4) is 0 Å². The zero-order chi connectivity index (χ0) is 24.6. The van der Waals surface area contributed by atoms with Gasteiger partial charge in [-0.15, -0.1) is 0 Å². The number of carbonyl (C=O) groups excluding carboxylic acids is 2. The van der Waals surface area contributed by atoms with Crippen molar-refractivity contribution < 1.29 is 9.59 Å². The fraction of sp³-hybridized carbons (Fsp3) is 0.208. The van der Waals surface area contributed by atoms with Crippen LogP contribution in [0.4, 0.5) is 11.4 Å². The Kier molecular flexibility index (Phi) is 6.21. The van der Waals surface area contributed by atoms with Crippen LogP contribution in [0.5, 0.6) is 0 Å². The van der Waals surface area contributed by atoms with Crippen LogP contribution in [0.1, 0.15) is 34.8 Å². The van der Waals surface area contributed by atoms with Gasteiger partial charge in [-0.25, -0.2) is 4.68 Å². The Morgan fingerprint density at radius 3 is 2.35 bits per heavy atom. The van der Waals surface area contributed by atoms with Crippen LogP contribution in [-0.2, 0) is 11.8 Å². The molecule has 34 heavy (non-hydrogen) atoms. The summed E-state index contributed by atoms with van der Waals surface area (Å²) in [6.45, 7) is 5.50. The monoisotopic (exact) mass is 478 g/mol. The van der Waals surface area contributed by atoms with Crippen LogP contribution in [0, 0.1) is 13.8 Å². The number of fused-ring (bicyclic) bond motifs is 1. The molecule has 2 amide bonds. The standard InChI is InChI=1S/C24H23ClN6O3/c1-13-11-14(2)31(28-13)15(3)22(32)27-20-10-9-16(12-19(20)25)26-23(33)21-17-7-5-6-8-18(17)24(34)30(4)29-21/h5-12,15H,1-4H3,(H,26,33)(H,27,32). The lowest BCUT2D eigenvalue weighted by Gasteiger charge is -2.16. The number of anilines is 2. The highest BCUT2D eigenvalue weighted by atomic mass is 35.5. The van der Waals surface area contributed by atoms with Gasteiger partial charge in [-0.05, 0) is 51.1 Å². The molecule has 0 spiro atoms. The molecule has 0 radical (unpaired) electrons. The maximum Gasteiger partial charge on any atom is 0.276 e. The van der Waals surface area contributed by atoms with E-state index in [1.54, 1.807) is 48.0 Å². The van der Waals surface area contributed by atoms with Crippen molar-refractivity contribution in [3.8, 4) is 0 Å². The second-order valence-electron chi connectivity index (χ2n) is 8.01. The number of nitrogens with one attached hydrogen (secondary N) is 2. The lowest BCUT2D eigenvalue weighted by Crippen LogP contribution is -2.26. The van der Waals surface area contributed by atoms with E-state index in [1.165, 1.54) is 13.1 Å². The molecule has 0 aliphatic heterocycles. The van der Waals surface area contributed by atoms with Crippen molar-refractivity contribution in [1.82, 2.24) is 19.6 Å². The number of aromatic nitrogens is 4. The Morgan fingerprint density at radius 1 is 1.00 bits per heavy atom. The molecule has 174 valence electrons. The molecule has 1 atom stereocenters. The molecule has 2 aromatic heterocycles. The van der Waals surface area contributed by atoms with Crippen molar-refractivity contribution in [2.45, 2.75) is 26.8 Å². The lowest BCUT2D eigenvalue weighted by atomic mass is 10.1. The van der Waals surface area contributed by atoms with Crippen LogP contribution in [0.25, 0.3) is 10.8 Å². The SMILES string of the molecule is Cc1cc(C)n(C(C)C(=O)Nc2ccc(NC(=O)c3nn(C)c(=O)c4ccccc34)cc2Cl)n1. The van der Waals surface area contributed by atoms with Crippen molar-refractivity contribution in [2.24, 2.45) is 7.05 Å². The minimum Gasteiger partial charge on any atom is -0.323 e. The molecule has 0 aliphatic carbocycles. The normalized spacial score (nSPS) is 11.9. The molecule has 4 aromatic rings. The summed E-state index contributed by atoms with van der Waals surface area (Å²) in [6.07, 6.45) is 0. The zero-order valence-corrected chi connectivity index (χ0v) is 19.8. The third kappa shape index (κ3) is 4.42. The van der Waals surface area contributed by atoms with E-state index in [4.69, 9.17) is 11.6 Å². The highest BCUT2D eigenvalue weighted by Gasteiger charge is 2.20. The Bertz CT molecular complexity index is 1490. The average Bonchev–Trinajstić information content (AvgIpc) is 3.15. The van der Waals surface area contributed by atoms with Gasteiger partial charge in [-0.2, -0.15) is 10.2 Å². The summed E-state index contributed by atoms with van der Waals surface area (Å²) in [4.78, 5) is 38.0. The van der Waals surface area contributed by atoms with E-state index in [9.17, 15) is 14.4 Å². The van der Waals surface area contributed by atoms with Crippen LogP contribution >= 0.6 is 11.6 Å². The molecular weight excluding hydrogens is 456 g/mol. The Morgan fingerprint density at radius 2 is 1.71 bits per heavy atom. The van der Waals surface area contributed by atoms with Crippen LogP contribution < -0.4 is 16.2 Å². The molecule has 2 heterocycles. The molecule has 4 rings (SSSR count). The van der Waals surface area contributed by atoms with Crippen LogP contribution in [0.15, 0.2) is 53.3 Å². The largest absolute Gasteiger partial charge is 0.323 e. The second-order valence-corrected chi connectivity index (χ2v) is 8.42. The van der Waals surface area contributed by atoms with Gasteiger partial charge < -0.3 is 10.6 Å². The maximum atomic E-state index is 12.9. The van der Waals surface area contributed by atoms with Gasteiger partial charge in [0.15, 0.2) is 5.69 Å². The summed E-state index contributed by atoms with van der Waals surface area (Å²) >= 11 is 6.38. The highest BCUT2D eigenvalue weighted by Crippen LogP contribution is 2.27. The van der Waals surface area contributed by atoms with E-state index < -0.39 is 11.9 Å². The molecule has 2 aromatic carbocycles. The van der Waals surface area contributed by atoms with Gasteiger partial charge in [0, 0.05) is 23.8 Å². The van der Waals surface area contributed by atoms with Gasteiger partial charge in [0.1, 0.15) is 6.04 Å². The van der Waals surface area contributed by atoms with Gasteiger partial charge >= 0.3 is 0 Å². The molecule has 9 nitrogen and oxygen atoms in total. The van der Waals surface area contributed by atoms with Gasteiger partial charge in [0.05, 0.1) is 21.8 Å². The Labute approximate surface area is 200 Å². The minimum atomic E-state index is -0.534. The number of hydrogen-bond donors (Lipinski definition) is 2. The lowest BCUT2D eigenvalue weighted by molar-refractivity contribution is -0.119. The first-order chi connectivity index (χ1) is 16.2. The molecule has 0 saturated heterocycles. The van der Waals surface area contributed by atoms with E-state index >= 15 is 0 Å². The van der Waals surface area contributed by atoms with Crippen molar-refractivity contribution in [1.29, 1.82) is 0 Å². The van der Waals surface area contributed by atoms with E-state index in [-0.39, 0.29) is 22.2 Å². The number of rotatable bonds is 5. The summed E-state index contributed by atoms with van der Waals surface area (Å²) in [5.41, 5.74) is 2.36. The number of hydrogen-bond acceptors (Lipinski definition) is 5. The number of halogens is 1. The fourth-order valence-electron chi connectivity index (χ4n) is 3.74. The second kappa shape index (κ2) is 9.11. The molecule has 0 saturated carbocycles. The van der Waals surface area contributed by atoms with Crippen molar-refractivity contribution in [2.75, 3.05) is 10.6 Å².